The summed E-state index contributed by atoms with van der Waals surface area (Å²) in [4.78, 5) is 16.4. The number of nitrogens with zero attached hydrogens (tertiary/aromatic N) is 1. The van der Waals surface area contributed by atoms with Gasteiger partial charge in [0.1, 0.15) is 0 Å². The molecule has 0 amide bonds. The fraction of sp³-hybridized carbons (Fsp3) is 0.176. The summed E-state index contributed by atoms with van der Waals surface area (Å²) in [6.45, 7) is 0. The number of benzene rings is 2. The quantitative estimate of drug-likeness (QED) is 0.776. The molecule has 0 N–H and O–H groups in total. The molecule has 2 atom stereocenters. The zero-order valence-electron chi connectivity index (χ0n) is 12.8. The summed E-state index contributed by atoms with van der Waals surface area (Å²) in [5, 5.41) is -1.58. The summed E-state index contributed by atoms with van der Waals surface area (Å²) in [6, 6.07) is 15.2. The Kier molecular flexibility index (Phi) is 4.35. The smallest absolute Gasteiger partial charge is 0.340 e. The predicted octanol–water partition coefficient (Wildman–Crippen LogP) is 2.17. The van der Waals surface area contributed by atoms with Crippen molar-refractivity contribution in [2.45, 2.75) is 11.3 Å². The van der Waals surface area contributed by atoms with E-state index in [9.17, 15) is 13.2 Å². The van der Waals surface area contributed by atoms with Crippen molar-refractivity contribution in [3.05, 3.63) is 60.2 Å². The van der Waals surface area contributed by atoms with Crippen LogP contribution in [0.4, 0.5) is 0 Å². The second-order valence-corrected chi connectivity index (χ2v) is 6.77. The van der Waals surface area contributed by atoms with Gasteiger partial charge in [-0.25, -0.2) is 0 Å². The number of ketones is 1. The van der Waals surface area contributed by atoms with Gasteiger partial charge in [-0.1, -0.05) is 42.5 Å². The van der Waals surface area contributed by atoms with Crippen LogP contribution in [0.25, 0.3) is 0 Å². The Hall–Kier alpha value is -2.67. The fourth-order valence-electron chi connectivity index (χ4n) is 2.45. The number of hydrogen-bond acceptors (Lipinski definition) is 6. The maximum absolute atomic E-state index is 12.5. The van der Waals surface area contributed by atoms with Crippen LogP contribution in [0, 0.1) is 0 Å². The number of carbonyl (C=O) groups excluding carboxylic acids is 1. The minimum atomic E-state index is -4.26. The highest BCUT2D eigenvalue weighted by Gasteiger charge is 2.42. The molecular formula is C17H15NO5S. The molecule has 0 saturated carbocycles. The van der Waals surface area contributed by atoms with Crippen molar-refractivity contribution in [3.8, 4) is 11.5 Å². The van der Waals surface area contributed by atoms with Crippen LogP contribution in [0.15, 0.2) is 59.6 Å². The second kappa shape index (κ2) is 6.45. The minimum Gasteiger partial charge on any atom is -0.493 e. The first-order valence-corrected chi connectivity index (χ1v) is 8.68. The molecule has 0 fully saturated rings. The van der Waals surface area contributed by atoms with E-state index in [0.29, 0.717) is 5.56 Å². The molecule has 7 heteroatoms. The Labute approximate surface area is 139 Å². The van der Waals surface area contributed by atoms with Gasteiger partial charge >= 0.3 is 10.1 Å². The van der Waals surface area contributed by atoms with E-state index in [2.05, 4.69) is 4.99 Å². The van der Waals surface area contributed by atoms with Gasteiger partial charge in [0.15, 0.2) is 17.3 Å². The Morgan fingerprint density at radius 1 is 0.958 bits per heavy atom. The average molecular weight is 345 g/mol. The summed E-state index contributed by atoms with van der Waals surface area (Å²) in [7, 11) is -2.86. The molecule has 0 saturated heterocycles. The summed E-state index contributed by atoms with van der Waals surface area (Å²) in [5.74, 6) is -0.940. The van der Waals surface area contributed by atoms with E-state index >= 15 is 0 Å². The number of para-hydroxylation sites is 2. The van der Waals surface area contributed by atoms with Crippen LogP contribution in [0.1, 0.15) is 11.5 Å². The van der Waals surface area contributed by atoms with Crippen LogP contribution >= 0.6 is 0 Å². The molecule has 0 bridgehead atoms. The van der Waals surface area contributed by atoms with Crippen LogP contribution in [-0.2, 0) is 14.9 Å². The number of carbonyl (C=O) groups is 1. The minimum absolute atomic E-state index is 0.0196. The van der Waals surface area contributed by atoms with Gasteiger partial charge in [-0.2, -0.15) is 8.42 Å². The van der Waals surface area contributed by atoms with Crippen LogP contribution in [-0.4, -0.2) is 32.9 Å². The molecule has 0 spiro atoms. The number of Topliss-reactive ketones (excluding diaryl/α,β-unsaturated/α-hetero) is 1. The topological polar surface area (TPSA) is 82.0 Å². The zero-order valence-corrected chi connectivity index (χ0v) is 13.6. The van der Waals surface area contributed by atoms with Gasteiger partial charge in [0.2, 0.25) is 5.37 Å². The Balaban J connectivity index is 1.84. The van der Waals surface area contributed by atoms with E-state index in [0.717, 1.165) is 0 Å². The average Bonchev–Trinajstić information content (AvgIpc) is 2.98. The molecule has 0 radical (unpaired) electrons. The largest absolute Gasteiger partial charge is 0.493 e. The van der Waals surface area contributed by atoms with Crippen LogP contribution in [0.2, 0.25) is 0 Å². The number of methoxy groups -OCH3 is 1. The normalized spacial score (nSPS) is 20.1. The first kappa shape index (κ1) is 16.2. The van der Waals surface area contributed by atoms with Crippen molar-refractivity contribution in [1.29, 1.82) is 0 Å². The van der Waals surface area contributed by atoms with E-state index in [1.54, 1.807) is 42.5 Å². The lowest BCUT2D eigenvalue weighted by Gasteiger charge is -2.13. The van der Waals surface area contributed by atoms with Gasteiger partial charge in [-0.15, -0.1) is 0 Å². The number of hydrogen-bond donors (Lipinski definition) is 0. The van der Waals surface area contributed by atoms with Gasteiger partial charge in [-0.05, 0) is 17.7 Å². The predicted molar refractivity (Wildman–Crippen MR) is 89.0 cm³/mol. The molecule has 24 heavy (non-hydrogen) atoms. The molecule has 124 valence electrons. The van der Waals surface area contributed by atoms with E-state index in [4.69, 9.17) is 8.92 Å². The highest BCUT2D eigenvalue weighted by molar-refractivity contribution is 7.88. The Morgan fingerprint density at radius 3 is 2.25 bits per heavy atom. The third-order valence-electron chi connectivity index (χ3n) is 3.63. The first-order chi connectivity index (χ1) is 11.5. The van der Waals surface area contributed by atoms with Crippen molar-refractivity contribution in [2.75, 3.05) is 7.11 Å². The van der Waals surface area contributed by atoms with Crippen molar-refractivity contribution < 1.29 is 22.1 Å². The van der Waals surface area contributed by atoms with Gasteiger partial charge in [0.25, 0.3) is 0 Å². The second-order valence-electron chi connectivity index (χ2n) is 5.17. The SMILES string of the molecule is COc1ccccc1OS(=O)(=O)C1N=CC(c2ccccc2)C1=O. The highest BCUT2D eigenvalue weighted by atomic mass is 32.2. The van der Waals surface area contributed by atoms with Gasteiger partial charge in [0.05, 0.1) is 13.0 Å². The van der Waals surface area contributed by atoms with E-state index in [1.165, 1.54) is 19.4 Å². The molecule has 0 aliphatic carbocycles. The zero-order chi connectivity index (χ0) is 17.2. The van der Waals surface area contributed by atoms with Crippen molar-refractivity contribution in [1.82, 2.24) is 0 Å². The molecule has 2 aromatic carbocycles. The van der Waals surface area contributed by atoms with E-state index in [1.807, 2.05) is 6.07 Å². The third kappa shape index (κ3) is 3.03. The molecule has 1 aliphatic heterocycles. The molecular weight excluding hydrogens is 330 g/mol. The number of ether oxygens (including phenoxy) is 1. The fourth-order valence-corrected chi connectivity index (χ4v) is 3.58. The molecule has 2 aromatic rings. The Morgan fingerprint density at radius 2 is 1.58 bits per heavy atom. The maximum Gasteiger partial charge on any atom is 0.340 e. The lowest BCUT2D eigenvalue weighted by atomic mass is 9.98. The number of aliphatic imine (C=N–C) groups is 1. The number of rotatable bonds is 5. The monoisotopic (exact) mass is 345 g/mol. The van der Waals surface area contributed by atoms with E-state index < -0.39 is 27.2 Å². The summed E-state index contributed by atoms with van der Waals surface area (Å²) in [6.07, 6.45) is 1.35. The van der Waals surface area contributed by atoms with Crippen molar-refractivity contribution >= 4 is 22.1 Å². The van der Waals surface area contributed by atoms with Gasteiger partial charge < -0.3 is 8.92 Å². The van der Waals surface area contributed by atoms with Crippen LogP contribution in [0.5, 0.6) is 11.5 Å². The molecule has 0 aromatic heterocycles. The summed E-state index contributed by atoms with van der Waals surface area (Å²) < 4.78 is 35.0. The van der Waals surface area contributed by atoms with Gasteiger partial charge in [-0.3, -0.25) is 9.79 Å². The third-order valence-corrected chi connectivity index (χ3v) is 4.94. The lowest BCUT2D eigenvalue weighted by Crippen LogP contribution is -2.31. The molecule has 1 aliphatic rings. The standard InChI is InChI=1S/C17H15NO5S/c1-22-14-9-5-6-10-15(14)23-24(20,21)17-16(19)13(11-18-17)12-7-3-2-4-8-12/h2-11,13,17H,1H3. The van der Waals surface area contributed by atoms with Crippen LogP contribution in [0.3, 0.4) is 0 Å². The van der Waals surface area contributed by atoms with Crippen molar-refractivity contribution in [2.24, 2.45) is 4.99 Å². The maximum atomic E-state index is 12.5. The van der Waals surface area contributed by atoms with E-state index in [-0.39, 0.29) is 11.5 Å². The van der Waals surface area contributed by atoms with Crippen LogP contribution < -0.4 is 8.92 Å². The summed E-state index contributed by atoms with van der Waals surface area (Å²) >= 11 is 0. The Bertz CT molecular complexity index is 877. The van der Waals surface area contributed by atoms with Crippen molar-refractivity contribution in [3.63, 3.8) is 0 Å². The first-order valence-electron chi connectivity index (χ1n) is 7.21. The molecule has 1 heterocycles. The molecule has 6 nitrogen and oxygen atoms in total. The molecule has 2 unspecified atom stereocenters. The summed E-state index contributed by atoms with van der Waals surface area (Å²) in [5.41, 5.74) is 0.696. The molecule has 3 rings (SSSR count). The lowest BCUT2D eigenvalue weighted by molar-refractivity contribution is -0.118. The highest BCUT2D eigenvalue weighted by Crippen LogP contribution is 2.31. The van der Waals surface area contributed by atoms with Gasteiger partial charge in [0, 0.05) is 6.21 Å².